The van der Waals surface area contributed by atoms with Crippen LogP contribution in [0.4, 0.5) is 0 Å². The first kappa shape index (κ1) is 5.03. The van der Waals surface area contributed by atoms with Gasteiger partial charge in [0.05, 0.1) is 0 Å². The van der Waals surface area contributed by atoms with Crippen molar-refractivity contribution in [2.45, 2.75) is 0 Å². The van der Waals surface area contributed by atoms with Crippen LogP contribution in [0.25, 0.3) is 0 Å². The Morgan fingerprint density at radius 3 is 1.25 bits per heavy atom. The molecule has 0 aliphatic rings. The van der Waals surface area contributed by atoms with Gasteiger partial charge >= 0.3 is 47.6 Å². The van der Waals surface area contributed by atoms with Crippen molar-refractivity contribution < 1.29 is 40.5 Å². The summed E-state index contributed by atoms with van der Waals surface area (Å²) >= 11 is 3.28. The summed E-state index contributed by atoms with van der Waals surface area (Å²) in [6, 6.07) is 0. The van der Waals surface area contributed by atoms with E-state index < -0.39 is 0 Å². The molecule has 0 bridgehead atoms. The second kappa shape index (κ2) is 4.03. The Hall–Kier alpha value is 1.03. The van der Waals surface area contributed by atoms with Crippen molar-refractivity contribution >= 4 is 0 Å². The molecule has 0 saturated carbocycles. The Kier molecular flexibility index (Phi) is 5.06. The van der Waals surface area contributed by atoms with E-state index in [2.05, 4.69) is 7.05 Å². The Morgan fingerprint density at radius 1 is 1.00 bits per heavy atom. The molecule has 0 heterocycles. The van der Waals surface area contributed by atoms with Crippen LogP contribution in [0.2, 0.25) is 0 Å². The molecule has 0 spiro atoms. The average Bonchev–Trinajstić information content (AvgIpc) is 1.37. The van der Waals surface area contributed by atoms with Crippen LogP contribution in [-0.2, 0) is 40.5 Å². The third kappa shape index (κ3) is 3.03. The second-order valence-corrected chi connectivity index (χ2v) is 0.825. The molecule has 14 valence electrons. The Labute approximate surface area is 47.5 Å². The zero-order valence-electron chi connectivity index (χ0n) is 1.89. The predicted octanol–water partition coefficient (Wildman–Crippen LogP) is 0.362. The summed E-state index contributed by atoms with van der Waals surface area (Å²) < 4.78 is 6.72. The van der Waals surface area contributed by atoms with Crippen LogP contribution in [0.3, 0.4) is 0 Å². The van der Waals surface area contributed by atoms with E-state index in [0.29, 0.717) is 0 Å². The van der Waals surface area contributed by atoms with Crippen LogP contribution in [0.15, 0.2) is 7.05 Å². The van der Waals surface area contributed by atoms with Gasteiger partial charge in [-0.2, -0.15) is 0 Å². The monoisotopic (exact) mass is 124 g/mol. The van der Waals surface area contributed by atoms with Crippen molar-refractivity contribution in [2.75, 3.05) is 0 Å². The summed E-state index contributed by atoms with van der Waals surface area (Å²) in [5, 5.41) is 0. The molecule has 0 radical (unpaired) electrons. The maximum absolute atomic E-state index is 3.36. The first-order chi connectivity index (χ1) is 1.91. The first-order valence-corrected chi connectivity index (χ1v) is 2.04. The van der Waals surface area contributed by atoms with Crippen LogP contribution < -0.4 is 0 Å². The summed E-state index contributed by atoms with van der Waals surface area (Å²) in [6.07, 6.45) is 0. The molecule has 4 heteroatoms. The van der Waals surface area contributed by atoms with Crippen LogP contribution in [0.5, 0.6) is 0 Å². The van der Waals surface area contributed by atoms with E-state index in [1.54, 1.807) is 40.5 Å². The van der Waals surface area contributed by atoms with Crippen molar-refractivity contribution in [3.8, 4) is 0 Å². The summed E-state index contributed by atoms with van der Waals surface area (Å²) in [5.74, 6) is 0. The van der Waals surface area contributed by atoms with E-state index in [4.69, 9.17) is 0 Å². The van der Waals surface area contributed by atoms with E-state index in [1.165, 1.54) is 0 Å². The zero-order valence-corrected chi connectivity index (χ0v) is 5.02. The zero-order chi connectivity index (χ0) is 3.41. The quantitative estimate of drug-likeness (QED) is 0.356. The van der Waals surface area contributed by atoms with E-state index in [1.807, 2.05) is 0 Å². The summed E-state index contributed by atoms with van der Waals surface area (Å²) in [7, 11) is 0. The van der Waals surface area contributed by atoms with Gasteiger partial charge in [-0.25, -0.2) is 0 Å². The van der Waals surface area contributed by atoms with Crippen molar-refractivity contribution in [1.29, 1.82) is 0 Å². The number of hydrogen-bond donors (Lipinski definition) is 0. The fraction of sp³-hybridized carbons (Fsp3) is 0. The van der Waals surface area contributed by atoms with Crippen LogP contribution >= 0.6 is 0 Å². The third-order valence-electron chi connectivity index (χ3n) is 0.0500. The standard InChI is InChI=1S/N2.2Ti/c1-2;;/q;2*+2. The minimum atomic E-state index is 1.64. The summed E-state index contributed by atoms with van der Waals surface area (Å²) in [6.45, 7) is 0. The van der Waals surface area contributed by atoms with Gasteiger partial charge in [0.15, 0.2) is 0 Å². The predicted molar refractivity (Wildman–Crippen MR) is 4.86 cm³/mol. The molecule has 0 fully saturated rings. The molecule has 0 aliphatic carbocycles. The van der Waals surface area contributed by atoms with Crippen molar-refractivity contribution in [3.05, 3.63) is 0 Å². The van der Waals surface area contributed by atoms with Crippen molar-refractivity contribution in [1.82, 2.24) is 0 Å². The SMILES string of the molecule is [Ti+2]=[N][N]=[Ti+2]. The van der Waals surface area contributed by atoms with Crippen LogP contribution in [0, 0.1) is 0 Å². The molecule has 2 nitrogen and oxygen atoms in total. The second-order valence-electron chi connectivity index (χ2n) is 0.200. The minimum absolute atomic E-state index is 1.64. The number of rotatable bonds is 1. The van der Waals surface area contributed by atoms with Gasteiger partial charge in [-0.15, -0.1) is 0 Å². The molecule has 0 N–H and O–H groups in total. The fourth-order valence-electron chi connectivity index (χ4n) is 0. The van der Waals surface area contributed by atoms with Gasteiger partial charge in [0.1, 0.15) is 0 Å². The van der Waals surface area contributed by atoms with Crippen LogP contribution in [-0.4, -0.2) is 0 Å². The average molecular weight is 124 g/mol. The first-order valence-electron chi connectivity index (χ1n) is 0.647. The van der Waals surface area contributed by atoms with E-state index >= 15 is 0 Å². The molecule has 0 aromatic heterocycles. The van der Waals surface area contributed by atoms with Gasteiger partial charge in [-0.1, -0.05) is 0 Å². The molecule has 0 aliphatic heterocycles. The molecule has 0 unspecified atom stereocenters. The van der Waals surface area contributed by atoms with Gasteiger partial charge in [0, 0.05) is 0 Å². The molecule has 0 amide bonds. The van der Waals surface area contributed by atoms with Crippen molar-refractivity contribution in [3.63, 3.8) is 0 Å². The molecule has 0 aromatic rings. The van der Waals surface area contributed by atoms with E-state index in [0.717, 1.165) is 0 Å². The molecular weight excluding hydrogens is 124 g/mol. The molecule has 0 saturated heterocycles. The summed E-state index contributed by atoms with van der Waals surface area (Å²) in [4.78, 5) is 0. The van der Waals surface area contributed by atoms with Crippen LogP contribution in [0.1, 0.15) is 0 Å². The summed E-state index contributed by atoms with van der Waals surface area (Å²) in [5.41, 5.74) is 0. The Bertz CT molecular complexity index is 25.0. The molecule has 4 heavy (non-hydrogen) atoms. The van der Waals surface area contributed by atoms with Gasteiger partial charge < -0.3 is 0 Å². The number of hydrogen-bond acceptors (Lipinski definition) is 2. The molecule has 0 rings (SSSR count). The van der Waals surface area contributed by atoms with Gasteiger partial charge in [0.25, 0.3) is 0 Å². The maximum atomic E-state index is 3.36. The fourth-order valence-corrected chi connectivity index (χ4v) is 0. The molecular formula is N2Ti2+4. The van der Waals surface area contributed by atoms with E-state index in [9.17, 15) is 0 Å². The Balaban J connectivity index is 2.73. The van der Waals surface area contributed by atoms with Crippen molar-refractivity contribution in [2.24, 2.45) is 7.05 Å². The van der Waals surface area contributed by atoms with Gasteiger partial charge in [-0.3, -0.25) is 0 Å². The Morgan fingerprint density at radius 2 is 1.25 bits per heavy atom. The molecule has 0 atom stereocenters. The third-order valence-corrected chi connectivity index (χ3v) is 0.850. The topological polar surface area (TPSA) is 24.7 Å². The number of nitrogens with zero attached hydrogens (tertiary/aromatic N) is 2. The van der Waals surface area contributed by atoms with Gasteiger partial charge in [-0.05, 0) is 0 Å². The van der Waals surface area contributed by atoms with E-state index in [-0.39, 0.29) is 0 Å². The normalized spacial score (nSPS) is 6.00. The van der Waals surface area contributed by atoms with Gasteiger partial charge in [0.2, 0.25) is 0 Å². The molecule has 0 aromatic carbocycles.